The Balaban J connectivity index is 2.12. The van der Waals surface area contributed by atoms with Crippen molar-refractivity contribution in [2.45, 2.75) is 52.5 Å². The molecule has 1 aliphatic heterocycles. The first kappa shape index (κ1) is 15.6. The molecule has 0 bridgehead atoms. The molecule has 0 spiro atoms. The van der Waals surface area contributed by atoms with E-state index in [2.05, 4.69) is 0 Å². The molecule has 1 aromatic rings. The molecule has 21 heavy (non-hydrogen) atoms. The Kier molecular flexibility index (Phi) is 5.04. The largest absolute Gasteiger partial charge is 0.466 e. The van der Waals surface area contributed by atoms with Crippen LogP contribution in [0.15, 0.2) is 10.5 Å². The Hall–Kier alpha value is -1.78. The average molecular weight is 293 g/mol. The number of piperidine rings is 1. The fourth-order valence-corrected chi connectivity index (χ4v) is 2.89. The normalized spacial score (nSPS) is 18.6. The molecule has 116 valence electrons. The Morgan fingerprint density at radius 2 is 2.14 bits per heavy atom. The third-order valence-electron chi connectivity index (χ3n) is 3.87. The lowest BCUT2D eigenvalue weighted by Crippen LogP contribution is -2.45. The molecule has 1 amide bonds. The number of likely N-dealkylation sites (tertiary alicyclic amines) is 1. The molecule has 1 fully saturated rings. The molecule has 0 unspecified atom stereocenters. The van der Waals surface area contributed by atoms with E-state index in [9.17, 15) is 9.59 Å². The number of hydrogen-bond donors (Lipinski definition) is 0. The van der Waals surface area contributed by atoms with Crippen molar-refractivity contribution in [3.8, 4) is 0 Å². The molecular weight excluding hydrogens is 270 g/mol. The highest BCUT2D eigenvalue weighted by molar-refractivity contribution is 5.95. The standard InChI is InChI=1S/C16H23NO4/c1-4-20-15(18)10-13-7-5-6-8-17(13)16(19)14-9-11(2)21-12(14)3/h9,13H,4-8,10H2,1-3H3/t13-/m0/s1. The quantitative estimate of drug-likeness (QED) is 0.801. The van der Waals surface area contributed by atoms with Crippen LogP contribution in [0.5, 0.6) is 0 Å². The second-order valence-electron chi connectivity index (χ2n) is 5.48. The summed E-state index contributed by atoms with van der Waals surface area (Å²) in [5.74, 6) is 1.09. The number of esters is 1. The molecule has 5 nitrogen and oxygen atoms in total. The lowest BCUT2D eigenvalue weighted by atomic mass is 9.98. The molecule has 1 aromatic heterocycles. The van der Waals surface area contributed by atoms with Crippen molar-refractivity contribution in [1.29, 1.82) is 0 Å². The fourth-order valence-electron chi connectivity index (χ4n) is 2.89. The van der Waals surface area contributed by atoms with Crippen molar-refractivity contribution < 1.29 is 18.7 Å². The minimum Gasteiger partial charge on any atom is -0.466 e. The van der Waals surface area contributed by atoms with E-state index >= 15 is 0 Å². The van der Waals surface area contributed by atoms with Gasteiger partial charge in [0.2, 0.25) is 0 Å². The van der Waals surface area contributed by atoms with E-state index in [1.54, 1.807) is 24.8 Å². The minimum absolute atomic E-state index is 0.0432. The summed E-state index contributed by atoms with van der Waals surface area (Å²) in [4.78, 5) is 26.2. The molecule has 0 radical (unpaired) electrons. The van der Waals surface area contributed by atoms with E-state index in [0.717, 1.165) is 25.0 Å². The highest BCUT2D eigenvalue weighted by Crippen LogP contribution is 2.24. The number of carbonyl (C=O) groups is 2. The van der Waals surface area contributed by atoms with Crippen LogP contribution in [-0.2, 0) is 9.53 Å². The number of ether oxygens (including phenoxy) is 1. The minimum atomic E-state index is -0.234. The molecule has 0 aliphatic carbocycles. The van der Waals surface area contributed by atoms with Crippen molar-refractivity contribution in [3.05, 3.63) is 23.2 Å². The Morgan fingerprint density at radius 3 is 2.76 bits per heavy atom. The van der Waals surface area contributed by atoms with Crippen LogP contribution >= 0.6 is 0 Å². The third-order valence-corrected chi connectivity index (χ3v) is 3.87. The predicted molar refractivity (Wildman–Crippen MR) is 78.1 cm³/mol. The third kappa shape index (κ3) is 3.65. The van der Waals surface area contributed by atoms with Crippen LogP contribution in [0.1, 0.15) is 54.5 Å². The number of amides is 1. The lowest BCUT2D eigenvalue weighted by molar-refractivity contribution is -0.144. The number of hydrogen-bond acceptors (Lipinski definition) is 4. The van der Waals surface area contributed by atoms with Crippen LogP contribution in [0.2, 0.25) is 0 Å². The van der Waals surface area contributed by atoms with Gasteiger partial charge in [0.05, 0.1) is 18.6 Å². The Labute approximate surface area is 125 Å². The molecule has 0 saturated carbocycles. The molecule has 0 aromatic carbocycles. The fraction of sp³-hybridized carbons (Fsp3) is 0.625. The molecule has 1 atom stereocenters. The van der Waals surface area contributed by atoms with E-state index in [1.807, 2.05) is 6.92 Å². The van der Waals surface area contributed by atoms with Crippen molar-refractivity contribution in [2.24, 2.45) is 0 Å². The molecule has 2 heterocycles. The first-order chi connectivity index (χ1) is 10.0. The van der Waals surface area contributed by atoms with Gasteiger partial charge in [-0.05, 0) is 46.1 Å². The first-order valence-corrected chi connectivity index (χ1v) is 7.56. The van der Waals surface area contributed by atoms with E-state index < -0.39 is 0 Å². The van der Waals surface area contributed by atoms with Crippen molar-refractivity contribution in [1.82, 2.24) is 4.90 Å². The maximum atomic E-state index is 12.7. The molecule has 1 saturated heterocycles. The number of aryl methyl sites for hydroxylation is 2. The predicted octanol–water partition coefficient (Wildman–Crippen LogP) is 2.84. The summed E-state index contributed by atoms with van der Waals surface area (Å²) in [6.45, 7) is 6.48. The second kappa shape index (κ2) is 6.78. The number of rotatable bonds is 4. The maximum absolute atomic E-state index is 12.7. The highest BCUT2D eigenvalue weighted by Gasteiger charge is 2.31. The topological polar surface area (TPSA) is 59.8 Å². The van der Waals surface area contributed by atoms with E-state index in [4.69, 9.17) is 9.15 Å². The maximum Gasteiger partial charge on any atom is 0.307 e. The number of furan rings is 1. The van der Waals surface area contributed by atoms with Gasteiger partial charge in [-0.3, -0.25) is 9.59 Å². The lowest BCUT2D eigenvalue weighted by Gasteiger charge is -2.35. The van der Waals surface area contributed by atoms with Gasteiger partial charge in [0.15, 0.2) is 0 Å². The summed E-state index contributed by atoms with van der Waals surface area (Å²) in [7, 11) is 0. The summed E-state index contributed by atoms with van der Waals surface area (Å²) >= 11 is 0. The van der Waals surface area contributed by atoms with Crippen molar-refractivity contribution in [2.75, 3.05) is 13.2 Å². The van der Waals surface area contributed by atoms with Crippen LogP contribution in [0.3, 0.4) is 0 Å². The summed E-state index contributed by atoms with van der Waals surface area (Å²) in [6.07, 6.45) is 3.13. The summed E-state index contributed by atoms with van der Waals surface area (Å²) in [6, 6.07) is 1.70. The van der Waals surface area contributed by atoms with E-state index in [-0.39, 0.29) is 24.3 Å². The van der Waals surface area contributed by atoms with Gasteiger partial charge in [-0.15, -0.1) is 0 Å². The van der Waals surface area contributed by atoms with Gasteiger partial charge in [-0.25, -0.2) is 0 Å². The highest BCUT2D eigenvalue weighted by atomic mass is 16.5. The van der Waals surface area contributed by atoms with Crippen LogP contribution in [0.25, 0.3) is 0 Å². The molecule has 1 aliphatic rings. The van der Waals surface area contributed by atoms with E-state index in [1.165, 1.54) is 0 Å². The van der Waals surface area contributed by atoms with Gasteiger partial charge in [0, 0.05) is 12.6 Å². The van der Waals surface area contributed by atoms with Crippen LogP contribution in [0.4, 0.5) is 0 Å². The summed E-state index contributed by atoms with van der Waals surface area (Å²) < 4.78 is 10.5. The number of nitrogens with zero attached hydrogens (tertiary/aromatic N) is 1. The molecule has 5 heteroatoms. The summed E-state index contributed by atoms with van der Waals surface area (Å²) in [5.41, 5.74) is 0.600. The molecule has 2 rings (SSSR count). The van der Waals surface area contributed by atoms with Crippen LogP contribution < -0.4 is 0 Å². The van der Waals surface area contributed by atoms with Crippen molar-refractivity contribution >= 4 is 11.9 Å². The van der Waals surface area contributed by atoms with Gasteiger partial charge >= 0.3 is 5.97 Å². The van der Waals surface area contributed by atoms with Gasteiger partial charge in [0.25, 0.3) is 5.91 Å². The van der Waals surface area contributed by atoms with Gasteiger partial charge in [-0.1, -0.05) is 0 Å². The van der Waals surface area contributed by atoms with Crippen LogP contribution in [-0.4, -0.2) is 36.0 Å². The zero-order valence-corrected chi connectivity index (χ0v) is 13.0. The second-order valence-corrected chi connectivity index (χ2v) is 5.48. The van der Waals surface area contributed by atoms with Gasteiger partial charge in [0.1, 0.15) is 11.5 Å². The molecular formula is C16H23NO4. The van der Waals surface area contributed by atoms with E-state index in [0.29, 0.717) is 24.5 Å². The monoisotopic (exact) mass is 293 g/mol. The Morgan fingerprint density at radius 1 is 1.38 bits per heavy atom. The molecule has 0 N–H and O–H groups in total. The van der Waals surface area contributed by atoms with Crippen molar-refractivity contribution in [3.63, 3.8) is 0 Å². The smallest absolute Gasteiger partial charge is 0.307 e. The van der Waals surface area contributed by atoms with Gasteiger partial charge in [-0.2, -0.15) is 0 Å². The summed E-state index contributed by atoms with van der Waals surface area (Å²) in [5, 5.41) is 0. The zero-order valence-electron chi connectivity index (χ0n) is 13.0. The average Bonchev–Trinajstić information content (AvgIpc) is 2.78. The van der Waals surface area contributed by atoms with Crippen LogP contribution in [0, 0.1) is 13.8 Å². The first-order valence-electron chi connectivity index (χ1n) is 7.56. The SMILES string of the molecule is CCOC(=O)C[C@@H]1CCCCN1C(=O)c1cc(C)oc1C. The number of carbonyl (C=O) groups excluding carboxylic acids is 2. The van der Waals surface area contributed by atoms with Gasteiger partial charge < -0.3 is 14.1 Å². The zero-order chi connectivity index (χ0) is 15.4. The Bertz CT molecular complexity index is 520.